The number of benzene rings is 2. The Kier molecular flexibility index (Phi) is 4.27. The first-order chi connectivity index (χ1) is 10.6. The number of halogens is 3. The molecular weight excluding hydrogens is 330 g/mol. The molecule has 2 aromatic carbocycles. The summed E-state index contributed by atoms with van der Waals surface area (Å²) in [6.45, 7) is 0.0498. The third kappa shape index (κ3) is 3.21. The molecule has 0 saturated heterocycles. The van der Waals surface area contributed by atoms with Gasteiger partial charge in [0.25, 0.3) is 5.89 Å². The monoisotopic (exact) mass is 338 g/mol. The van der Waals surface area contributed by atoms with E-state index in [1.807, 2.05) is 0 Å². The van der Waals surface area contributed by atoms with Crippen LogP contribution in [0, 0.1) is 5.82 Å². The lowest BCUT2D eigenvalue weighted by molar-refractivity contribution is 0.287. The van der Waals surface area contributed by atoms with Crippen LogP contribution in [0.1, 0.15) is 5.82 Å². The summed E-state index contributed by atoms with van der Waals surface area (Å²) in [5, 5.41) is 4.59. The molecule has 22 heavy (non-hydrogen) atoms. The lowest BCUT2D eigenvalue weighted by Gasteiger charge is -2.07. The van der Waals surface area contributed by atoms with Gasteiger partial charge in [0.1, 0.15) is 5.82 Å². The summed E-state index contributed by atoms with van der Waals surface area (Å²) in [5.74, 6) is 0.637. The molecule has 3 aromatic rings. The summed E-state index contributed by atoms with van der Waals surface area (Å²) >= 11 is 12.0. The van der Waals surface area contributed by atoms with Crippen LogP contribution in [0.5, 0.6) is 5.75 Å². The molecule has 0 aliphatic rings. The van der Waals surface area contributed by atoms with E-state index in [0.29, 0.717) is 27.2 Å². The van der Waals surface area contributed by atoms with Gasteiger partial charge in [-0.1, -0.05) is 34.4 Å². The van der Waals surface area contributed by atoms with Crippen molar-refractivity contribution in [3.8, 4) is 17.2 Å². The van der Waals surface area contributed by atoms with Crippen LogP contribution < -0.4 is 4.74 Å². The van der Waals surface area contributed by atoms with Crippen molar-refractivity contribution in [2.24, 2.45) is 0 Å². The maximum Gasteiger partial charge on any atom is 0.258 e. The second-order valence-corrected chi connectivity index (χ2v) is 5.18. The Labute approximate surface area is 135 Å². The quantitative estimate of drug-likeness (QED) is 0.687. The molecule has 0 aliphatic heterocycles. The fraction of sp³-hybridized carbons (Fsp3) is 0.0667. The van der Waals surface area contributed by atoms with E-state index in [-0.39, 0.29) is 18.3 Å². The Bertz CT molecular complexity index is 770. The van der Waals surface area contributed by atoms with E-state index in [2.05, 4.69) is 10.1 Å². The van der Waals surface area contributed by atoms with Crippen LogP contribution in [0.3, 0.4) is 0 Å². The average Bonchev–Trinajstić information content (AvgIpc) is 2.96. The van der Waals surface area contributed by atoms with Gasteiger partial charge in [-0.15, -0.1) is 0 Å². The second kappa shape index (κ2) is 6.34. The third-order valence-electron chi connectivity index (χ3n) is 2.82. The zero-order chi connectivity index (χ0) is 15.5. The summed E-state index contributed by atoms with van der Waals surface area (Å²) in [4.78, 5) is 4.17. The van der Waals surface area contributed by atoms with Crippen molar-refractivity contribution >= 4 is 23.2 Å². The van der Waals surface area contributed by atoms with E-state index in [4.69, 9.17) is 32.5 Å². The van der Waals surface area contributed by atoms with Gasteiger partial charge in [0.2, 0.25) is 5.82 Å². The zero-order valence-electron chi connectivity index (χ0n) is 11.1. The van der Waals surface area contributed by atoms with E-state index < -0.39 is 0 Å². The molecular formula is C15H9Cl2FN2O2. The van der Waals surface area contributed by atoms with Crippen molar-refractivity contribution < 1.29 is 13.7 Å². The molecule has 0 bridgehead atoms. The lowest BCUT2D eigenvalue weighted by Crippen LogP contribution is -1.98. The topological polar surface area (TPSA) is 48.2 Å². The molecule has 7 heteroatoms. The first kappa shape index (κ1) is 14.8. The van der Waals surface area contributed by atoms with Crippen molar-refractivity contribution in [2.75, 3.05) is 0 Å². The number of para-hydroxylation sites is 1. The second-order valence-electron chi connectivity index (χ2n) is 4.36. The van der Waals surface area contributed by atoms with Crippen LogP contribution in [0.15, 0.2) is 47.0 Å². The fourth-order valence-corrected chi connectivity index (χ4v) is 2.29. The molecule has 0 amide bonds. The van der Waals surface area contributed by atoms with Gasteiger partial charge in [0, 0.05) is 5.56 Å². The molecule has 3 rings (SSSR count). The largest absolute Gasteiger partial charge is 0.482 e. The molecule has 0 spiro atoms. The molecule has 4 nitrogen and oxygen atoms in total. The van der Waals surface area contributed by atoms with Gasteiger partial charge in [-0.05, 0) is 36.4 Å². The Hall–Kier alpha value is -2.11. The smallest absolute Gasteiger partial charge is 0.258 e. The Morgan fingerprint density at radius 3 is 2.41 bits per heavy atom. The van der Waals surface area contributed by atoms with Crippen LogP contribution >= 0.6 is 23.2 Å². The number of nitrogens with zero attached hydrogens (tertiary/aromatic N) is 2. The Morgan fingerprint density at radius 2 is 1.73 bits per heavy atom. The summed E-state index contributed by atoms with van der Waals surface area (Å²) < 4.78 is 23.5. The standard InChI is InChI=1S/C15H9Cl2FN2O2/c16-11-2-1-3-12(17)14(11)21-8-13-19-15(22-20-13)9-4-6-10(18)7-5-9/h1-7H,8H2. The molecule has 112 valence electrons. The Morgan fingerprint density at radius 1 is 1.05 bits per heavy atom. The van der Waals surface area contributed by atoms with Crippen molar-refractivity contribution in [3.05, 3.63) is 64.2 Å². The molecule has 0 radical (unpaired) electrons. The highest BCUT2D eigenvalue weighted by Crippen LogP contribution is 2.32. The molecule has 0 atom stereocenters. The molecule has 1 heterocycles. The normalized spacial score (nSPS) is 10.7. The summed E-state index contributed by atoms with van der Waals surface area (Å²) in [7, 11) is 0. The van der Waals surface area contributed by atoms with Gasteiger partial charge < -0.3 is 9.26 Å². The van der Waals surface area contributed by atoms with E-state index in [0.717, 1.165) is 0 Å². The highest BCUT2D eigenvalue weighted by molar-refractivity contribution is 6.37. The zero-order valence-corrected chi connectivity index (χ0v) is 12.6. The van der Waals surface area contributed by atoms with Crippen molar-refractivity contribution in [3.63, 3.8) is 0 Å². The predicted molar refractivity (Wildman–Crippen MR) is 80.5 cm³/mol. The molecule has 0 aliphatic carbocycles. The van der Waals surface area contributed by atoms with E-state index in [1.54, 1.807) is 30.3 Å². The number of rotatable bonds is 4. The van der Waals surface area contributed by atoms with Crippen molar-refractivity contribution in [1.29, 1.82) is 0 Å². The first-order valence-electron chi connectivity index (χ1n) is 6.29. The summed E-state index contributed by atoms with van der Waals surface area (Å²) in [6.07, 6.45) is 0. The summed E-state index contributed by atoms with van der Waals surface area (Å²) in [5.41, 5.74) is 0.621. The van der Waals surface area contributed by atoms with E-state index in [1.165, 1.54) is 12.1 Å². The van der Waals surface area contributed by atoms with Crippen LogP contribution in [-0.4, -0.2) is 10.1 Å². The fourth-order valence-electron chi connectivity index (χ4n) is 1.78. The number of hydrogen-bond donors (Lipinski definition) is 0. The minimum absolute atomic E-state index is 0.0498. The lowest BCUT2D eigenvalue weighted by atomic mass is 10.2. The maximum absolute atomic E-state index is 12.9. The van der Waals surface area contributed by atoms with E-state index >= 15 is 0 Å². The highest BCUT2D eigenvalue weighted by atomic mass is 35.5. The van der Waals surface area contributed by atoms with Crippen LogP contribution in [-0.2, 0) is 6.61 Å². The van der Waals surface area contributed by atoms with Gasteiger partial charge >= 0.3 is 0 Å². The SMILES string of the molecule is Fc1ccc(-c2nc(COc3c(Cl)cccc3Cl)no2)cc1. The first-order valence-corrected chi connectivity index (χ1v) is 7.04. The maximum atomic E-state index is 12.9. The average molecular weight is 339 g/mol. The van der Waals surface area contributed by atoms with Gasteiger partial charge in [0.05, 0.1) is 10.0 Å². The molecule has 0 N–H and O–H groups in total. The number of ether oxygens (including phenoxy) is 1. The van der Waals surface area contributed by atoms with Crippen molar-refractivity contribution in [2.45, 2.75) is 6.61 Å². The highest BCUT2D eigenvalue weighted by Gasteiger charge is 2.12. The molecule has 1 aromatic heterocycles. The number of hydrogen-bond acceptors (Lipinski definition) is 4. The van der Waals surface area contributed by atoms with Crippen LogP contribution in [0.4, 0.5) is 4.39 Å². The van der Waals surface area contributed by atoms with E-state index in [9.17, 15) is 4.39 Å². The van der Waals surface area contributed by atoms with Crippen LogP contribution in [0.2, 0.25) is 10.0 Å². The molecule has 0 unspecified atom stereocenters. The van der Waals surface area contributed by atoms with Gasteiger partial charge in [-0.2, -0.15) is 4.98 Å². The van der Waals surface area contributed by atoms with Gasteiger partial charge in [-0.3, -0.25) is 0 Å². The number of aromatic nitrogens is 2. The molecule has 0 saturated carbocycles. The minimum Gasteiger partial charge on any atom is -0.482 e. The van der Waals surface area contributed by atoms with Gasteiger partial charge in [0.15, 0.2) is 12.4 Å². The summed E-state index contributed by atoms with van der Waals surface area (Å²) in [6, 6.07) is 10.8. The Balaban J connectivity index is 1.73. The molecule has 0 fully saturated rings. The van der Waals surface area contributed by atoms with Crippen LogP contribution in [0.25, 0.3) is 11.5 Å². The predicted octanol–water partition coefficient (Wildman–Crippen LogP) is 4.76. The minimum atomic E-state index is -0.333. The van der Waals surface area contributed by atoms with Crippen molar-refractivity contribution in [1.82, 2.24) is 10.1 Å². The third-order valence-corrected chi connectivity index (χ3v) is 3.42. The van der Waals surface area contributed by atoms with Gasteiger partial charge in [-0.25, -0.2) is 4.39 Å².